The standard InChI is InChI=1S/C22H18F3N3O8S/c1-3-36-16-9-13(28(33)34)6-11(19(16)30)7-17-20(31)27(21(32)37-17)10-18(29)26-14-8-12(22(23,24)25)4-5-15(14)35-2/h4-9,30H,3,10H2,1-2H3,(H,26,29)/b17-7-. The Morgan fingerprint density at radius 3 is 2.54 bits per heavy atom. The zero-order chi connectivity index (χ0) is 27.5. The number of halogens is 3. The van der Waals surface area contributed by atoms with Crippen LogP contribution in [-0.2, 0) is 15.8 Å². The van der Waals surface area contributed by atoms with Gasteiger partial charge in [0.05, 0.1) is 40.9 Å². The molecule has 0 unspecified atom stereocenters. The van der Waals surface area contributed by atoms with Gasteiger partial charge in [-0.1, -0.05) is 0 Å². The maximum Gasteiger partial charge on any atom is 0.416 e. The number of hydrogen-bond acceptors (Lipinski definition) is 9. The Labute approximate surface area is 211 Å². The van der Waals surface area contributed by atoms with Crippen LogP contribution in [0.5, 0.6) is 17.2 Å². The van der Waals surface area contributed by atoms with Crippen LogP contribution in [0.1, 0.15) is 18.1 Å². The summed E-state index contributed by atoms with van der Waals surface area (Å²) < 4.78 is 49.2. The summed E-state index contributed by atoms with van der Waals surface area (Å²) in [4.78, 5) is 48.4. The summed E-state index contributed by atoms with van der Waals surface area (Å²) >= 11 is 0.404. The number of nitrogens with zero attached hydrogens (tertiary/aromatic N) is 2. The van der Waals surface area contributed by atoms with Crippen LogP contribution in [0.25, 0.3) is 6.08 Å². The zero-order valence-corrected chi connectivity index (χ0v) is 19.9. The van der Waals surface area contributed by atoms with E-state index in [4.69, 9.17) is 9.47 Å². The molecule has 11 nitrogen and oxygen atoms in total. The lowest BCUT2D eigenvalue weighted by Gasteiger charge is -2.16. The molecule has 37 heavy (non-hydrogen) atoms. The number of carbonyl (C=O) groups excluding carboxylic acids is 3. The number of methoxy groups -OCH3 is 1. The normalized spacial score (nSPS) is 14.7. The Hall–Kier alpha value is -4.27. The lowest BCUT2D eigenvalue weighted by molar-refractivity contribution is -0.385. The molecule has 0 aromatic heterocycles. The maximum atomic E-state index is 13.0. The topological polar surface area (TPSA) is 148 Å². The number of rotatable bonds is 8. The van der Waals surface area contributed by atoms with E-state index in [0.29, 0.717) is 22.7 Å². The first-order chi connectivity index (χ1) is 17.3. The highest BCUT2D eigenvalue weighted by atomic mass is 32.2. The largest absolute Gasteiger partial charge is 0.504 e. The number of imide groups is 1. The van der Waals surface area contributed by atoms with E-state index in [1.54, 1.807) is 6.92 Å². The Kier molecular flexibility index (Phi) is 7.96. The molecule has 1 aliphatic heterocycles. The van der Waals surface area contributed by atoms with Crippen molar-refractivity contribution in [1.82, 2.24) is 4.90 Å². The van der Waals surface area contributed by atoms with Crippen LogP contribution in [0.15, 0.2) is 35.2 Å². The fraction of sp³-hybridized carbons (Fsp3) is 0.227. The molecule has 2 N–H and O–H groups in total. The van der Waals surface area contributed by atoms with Crippen LogP contribution in [0, 0.1) is 10.1 Å². The van der Waals surface area contributed by atoms with E-state index >= 15 is 0 Å². The van der Waals surface area contributed by atoms with Crippen molar-refractivity contribution in [2.75, 3.05) is 25.6 Å². The maximum absolute atomic E-state index is 13.0. The summed E-state index contributed by atoms with van der Waals surface area (Å²) in [5.41, 5.74) is -2.00. The number of alkyl halides is 3. The van der Waals surface area contributed by atoms with Crippen molar-refractivity contribution < 1.29 is 47.1 Å². The average Bonchev–Trinajstić information content (AvgIpc) is 3.08. The highest BCUT2D eigenvalue weighted by molar-refractivity contribution is 8.18. The molecule has 2 aromatic carbocycles. The number of anilines is 1. The van der Waals surface area contributed by atoms with Crippen molar-refractivity contribution in [2.45, 2.75) is 13.1 Å². The van der Waals surface area contributed by atoms with E-state index in [9.17, 15) is 42.8 Å². The number of carbonyl (C=O) groups is 3. The van der Waals surface area contributed by atoms with Crippen LogP contribution in [0.3, 0.4) is 0 Å². The van der Waals surface area contributed by atoms with Crippen molar-refractivity contribution in [3.8, 4) is 17.2 Å². The van der Waals surface area contributed by atoms with Gasteiger partial charge in [-0.25, -0.2) is 0 Å². The van der Waals surface area contributed by atoms with Gasteiger partial charge in [-0.2, -0.15) is 13.2 Å². The van der Waals surface area contributed by atoms with Gasteiger partial charge in [0, 0.05) is 11.6 Å². The predicted octanol–water partition coefficient (Wildman–Crippen LogP) is 4.40. The number of thioether (sulfide) groups is 1. The summed E-state index contributed by atoms with van der Waals surface area (Å²) in [6.45, 7) is 0.826. The fourth-order valence-electron chi connectivity index (χ4n) is 3.19. The molecule has 1 fully saturated rings. The number of aromatic hydroxyl groups is 1. The van der Waals surface area contributed by atoms with Crippen molar-refractivity contribution in [3.05, 3.63) is 56.5 Å². The van der Waals surface area contributed by atoms with Gasteiger partial charge >= 0.3 is 6.18 Å². The molecular weight excluding hydrogens is 523 g/mol. The Bertz CT molecular complexity index is 1310. The van der Waals surface area contributed by atoms with Gasteiger partial charge in [0.1, 0.15) is 12.3 Å². The molecule has 0 saturated carbocycles. The van der Waals surface area contributed by atoms with E-state index in [0.717, 1.165) is 30.3 Å². The Morgan fingerprint density at radius 1 is 1.24 bits per heavy atom. The quantitative estimate of drug-likeness (QED) is 0.282. The lowest BCUT2D eigenvalue weighted by Crippen LogP contribution is -2.36. The number of amides is 3. The minimum absolute atomic E-state index is 0.0798. The molecule has 1 aliphatic rings. The molecule has 0 spiro atoms. The minimum Gasteiger partial charge on any atom is -0.504 e. The molecule has 1 heterocycles. The van der Waals surface area contributed by atoms with Crippen molar-refractivity contribution in [2.24, 2.45) is 0 Å². The number of nitrogens with one attached hydrogen (secondary N) is 1. The molecule has 3 rings (SSSR count). The Balaban J connectivity index is 1.84. The predicted molar refractivity (Wildman–Crippen MR) is 125 cm³/mol. The van der Waals surface area contributed by atoms with Gasteiger partial charge < -0.3 is 19.9 Å². The highest BCUT2D eigenvalue weighted by Crippen LogP contribution is 2.39. The molecule has 0 radical (unpaired) electrons. The van der Waals surface area contributed by atoms with E-state index in [1.165, 1.54) is 7.11 Å². The zero-order valence-electron chi connectivity index (χ0n) is 19.1. The van der Waals surface area contributed by atoms with Crippen molar-refractivity contribution >= 4 is 46.3 Å². The highest BCUT2D eigenvalue weighted by Gasteiger charge is 2.37. The molecular formula is C22H18F3N3O8S. The first kappa shape index (κ1) is 27.3. The van der Waals surface area contributed by atoms with E-state index in [1.807, 2.05) is 0 Å². The number of nitro groups is 1. The number of phenols is 1. The molecule has 196 valence electrons. The van der Waals surface area contributed by atoms with Crippen molar-refractivity contribution in [3.63, 3.8) is 0 Å². The molecule has 15 heteroatoms. The second-order valence-corrected chi connectivity index (χ2v) is 8.29. The van der Waals surface area contributed by atoms with Crippen LogP contribution < -0.4 is 14.8 Å². The number of hydrogen-bond donors (Lipinski definition) is 2. The van der Waals surface area contributed by atoms with Gasteiger partial charge in [-0.15, -0.1) is 0 Å². The molecule has 1 saturated heterocycles. The summed E-state index contributed by atoms with van der Waals surface area (Å²) in [5, 5.41) is 22.9. The van der Waals surface area contributed by atoms with Crippen LogP contribution >= 0.6 is 11.8 Å². The lowest BCUT2D eigenvalue weighted by atomic mass is 10.1. The van der Waals surface area contributed by atoms with Crippen LogP contribution in [0.2, 0.25) is 0 Å². The number of benzene rings is 2. The molecule has 3 amide bonds. The van der Waals surface area contributed by atoms with E-state index in [2.05, 4.69) is 5.32 Å². The monoisotopic (exact) mass is 541 g/mol. The first-order valence-electron chi connectivity index (χ1n) is 10.3. The molecule has 0 atom stereocenters. The molecule has 2 aromatic rings. The summed E-state index contributed by atoms with van der Waals surface area (Å²) in [5.74, 6) is -2.74. The second-order valence-electron chi connectivity index (χ2n) is 7.30. The number of ether oxygens (including phenoxy) is 2. The number of phenolic OH excluding ortho intramolecular Hbond substituents is 1. The first-order valence-corrected chi connectivity index (χ1v) is 11.1. The third kappa shape index (κ3) is 6.11. The van der Waals surface area contributed by atoms with E-state index < -0.39 is 51.7 Å². The van der Waals surface area contributed by atoms with Gasteiger partial charge in [0.25, 0.3) is 16.8 Å². The minimum atomic E-state index is -4.69. The summed E-state index contributed by atoms with van der Waals surface area (Å²) in [6, 6.07) is 4.37. The van der Waals surface area contributed by atoms with Gasteiger partial charge in [-0.05, 0) is 43.0 Å². The number of nitro benzene ring substituents is 1. The van der Waals surface area contributed by atoms with E-state index in [-0.39, 0.29) is 34.3 Å². The fourth-order valence-corrected chi connectivity index (χ4v) is 4.02. The van der Waals surface area contributed by atoms with Gasteiger partial charge in [-0.3, -0.25) is 29.4 Å². The van der Waals surface area contributed by atoms with Crippen molar-refractivity contribution in [1.29, 1.82) is 0 Å². The third-order valence-electron chi connectivity index (χ3n) is 4.86. The number of non-ortho nitro benzene ring substituents is 1. The second kappa shape index (κ2) is 10.8. The molecule has 0 aliphatic carbocycles. The summed E-state index contributed by atoms with van der Waals surface area (Å²) in [7, 11) is 1.18. The SMILES string of the molecule is CCOc1cc([N+](=O)[O-])cc(/C=C2\SC(=O)N(CC(=O)Nc3cc(C(F)(F)F)ccc3OC)C2=O)c1O. The average molecular weight is 541 g/mol. The smallest absolute Gasteiger partial charge is 0.416 e. The third-order valence-corrected chi connectivity index (χ3v) is 5.77. The molecule has 0 bridgehead atoms. The van der Waals surface area contributed by atoms with Crippen LogP contribution in [-0.4, -0.2) is 52.2 Å². The van der Waals surface area contributed by atoms with Gasteiger partial charge in [0.15, 0.2) is 11.5 Å². The summed E-state index contributed by atoms with van der Waals surface area (Å²) in [6.07, 6.45) is -3.66. The van der Waals surface area contributed by atoms with Gasteiger partial charge in [0.2, 0.25) is 5.91 Å². The Morgan fingerprint density at radius 2 is 1.95 bits per heavy atom. The van der Waals surface area contributed by atoms with Crippen LogP contribution in [0.4, 0.5) is 29.3 Å².